The largest absolute Gasteiger partial charge is 0.493 e. The van der Waals surface area contributed by atoms with Crippen molar-refractivity contribution in [2.45, 2.75) is 96.2 Å². The number of nitrogens with zero attached hydrogens (tertiary/aromatic N) is 3. The summed E-state index contributed by atoms with van der Waals surface area (Å²) in [7, 11) is 3.55. The number of hydrogen-bond donors (Lipinski definition) is 2. The Balaban J connectivity index is 1.37. The summed E-state index contributed by atoms with van der Waals surface area (Å²) in [5.74, 6) is -0.326. The van der Waals surface area contributed by atoms with E-state index in [1.807, 2.05) is 18.7 Å². The number of methoxy groups -OCH3 is 1. The van der Waals surface area contributed by atoms with Gasteiger partial charge in [0.1, 0.15) is 11.9 Å². The number of nitrogens with one attached hydrogen (secondary N) is 1. The highest BCUT2D eigenvalue weighted by atomic mass is 19.1. The van der Waals surface area contributed by atoms with Gasteiger partial charge in [0.05, 0.1) is 7.11 Å². The fourth-order valence-electron chi connectivity index (χ4n) is 6.24. The van der Waals surface area contributed by atoms with Crippen LogP contribution in [-0.2, 0) is 17.6 Å². The molecule has 7 nitrogen and oxygen atoms in total. The number of halogens is 1. The van der Waals surface area contributed by atoms with E-state index in [1.54, 1.807) is 6.07 Å². The Labute approximate surface area is 239 Å². The molecule has 40 heavy (non-hydrogen) atoms. The van der Waals surface area contributed by atoms with Crippen LogP contribution in [0, 0.1) is 5.82 Å². The van der Waals surface area contributed by atoms with Gasteiger partial charge in [-0.25, -0.2) is 9.37 Å². The summed E-state index contributed by atoms with van der Waals surface area (Å²) >= 11 is 0. The third-order valence-electron chi connectivity index (χ3n) is 8.98. The maximum absolute atomic E-state index is 14.9. The van der Waals surface area contributed by atoms with E-state index in [0.29, 0.717) is 18.7 Å². The SMILES string of the molecule is COc1c(F)cc(C(C)C)cc1C(C(=O)O)N1CC[C@@H](N(C)C(C)(C)CCCCc2ccc3c(n2)NCCC3)C1. The van der Waals surface area contributed by atoms with Crippen molar-refractivity contribution in [3.8, 4) is 5.75 Å². The number of likely N-dealkylation sites (tertiary alicyclic amines) is 1. The zero-order chi connectivity index (χ0) is 29.0. The van der Waals surface area contributed by atoms with E-state index in [1.165, 1.54) is 25.2 Å². The Morgan fingerprint density at radius 2 is 2.08 bits per heavy atom. The van der Waals surface area contributed by atoms with Gasteiger partial charge >= 0.3 is 5.97 Å². The third-order valence-corrected chi connectivity index (χ3v) is 8.98. The number of carbonyl (C=O) groups is 1. The standard InChI is InChI=1S/C32H47FN4O3/c1-21(2)23-18-26(29(40-6)27(33)19-23)28(31(38)39)37-17-14-25(20-37)36(5)32(3,4)15-8-7-11-24-13-12-22-10-9-16-34-30(22)35-24/h12-13,18-19,21,25,28H,7-11,14-17,20H2,1-6H3,(H,34,35)(H,38,39)/t25-,28?/m1/s1. The van der Waals surface area contributed by atoms with Crippen LogP contribution in [0.4, 0.5) is 10.2 Å². The number of aliphatic carboxylic acids is 1. The van der Waals surface area contributed by atoms with Crippen LogP contribution in [-0.4, -0.2) is 71.2 Å². The van der Waals surface area contributed by atoms with Gasteiger partial charge in [0.2, 0.25) is 0 Å². The van der Waals surface area contributed by atoms with Crippen LogP contribution < -0.4 is 10.1 Å². The van der Waals surface area contributed by atoms with E-state index in [2.05, 4.69) is 43.2 Å². The van der Waals surface area contributed by atoms with Gasteiger partial charge in [-0.2, -0.15) is 0 Å². The van der Waals surface area contributed by atoms with Crippen molar-refractivity contribution >= 4 is 11.8 Å². The second-order valence-electron chi connectivity index (χ2n) is 12.4. The quantitative estimate of drug-likeness (QED) is 0.310. The normalized spacial score (nSPS) is 18.6. The van der Waals surface area contributed by atoms with Gasteiger partial charge in [0.25, 0.3) is 0 Å². The second-order valence-corrected chi connectivity index (χ2v) is 12.4. The number of aryl methyl sites for hydroxylation is 2. The molecule has 1 aromatic heterocycles. The van der Waals surface area contributed by atoms with Crippen molar-refractivity contribution in [2.24, 2.45) is 0 Å². The molecule has 2 N–H and O–H groups in total. The average molecular weight is 555 g/mol. The lowest BCUT2D eigenvalue weighted by Crippen LogP contribution is -2.48. The highest BCUT2D eigenvalue weighted by Gasteiger charge is 2.40. The Hall–Kier alpha value is -2.71. The lowest BCUT2D eigenvalue weighted by atomic mass is 9.92. The number of unbranched alkanes of at least 4 members (excludes halogenated alkanes) is 1. The van der Waals surface area contributed by atoms with Crippen molar-refractivity contribution in [1.29, 1.82) is 0 Å². The Bertz CT molecular complexity index is 1180. The predicted octanol–water partition coefficient (Wildman–Crippen LogP) is 6.03. The minimum absolute atomic E-state index is 0.0260. The molecule has 0 spiro atoms. The summed E-state index contributed by atoms with van der Waals surface area (Å²) in [6, 6.07) is 6.92. The van der Waals surface area contributed by atoms with E-state index < -0.39 is 17.8 Å². The van der Waals surface area contributed by atoms with Crippen LogP contribution in [0.1, 0.15) is 94.1 Å². The van der Waals surface area contributed by atoms with Gasteiger partial charge in [-0.15, -0.1) is 0 Å². The monoisotopic (exact) mass is 554 g/mol. The van der Waals surface area contributed by atoms with Gasteiger partial charge < -0.3 is 15.2 Å². The van der Waals surface area contributed by atoms with Gasteiger partial charge in [0.15, 0.2) is 11.6 Å². The summed E-state index contributed by atoms with van der Waals surface area (Å²) in [6.45, 7) is 10.8. The zero-order valence-electron chi connectivity index (χ0n) is 25.1. The van der Waals surface area contributed by atoms with Crippen molar-refractivity contribution < 1.29 is 19.0 Å². The van der Waals surface area contributed by atoms with Gasteiger partial charge in [0, 0.05) is 42.5 Å². The number of rotatable bonds is 12. The molecule has 1 saturated heterocycles. The minimum atomic E-state index is -0.979. The van der Waals surface area contributed by atoms with E-state index >= 15 is 0 Å². The first-order valence-corrected chi connectivity index (χ1v) is 14.8. The van der Waals surface area contributed by atoms with Crippen LogP contribution in [0.5, 0.6) is 5.75 Å². The Kier molecular flexibility index (Phi) is 9.72. The Morgan fingerprint density at radius 1 is 1.30 bits per heavy atom. The highest BCUT2D eigenvalue weighted by Crippen LogP contribution is 2.38. The Morgan fingerprint density at radius 3 is 2.77 bits per heavy atom. The molecule has 1 fully saturated rings. The molecule has 3 heterocycles. The molecule has 1 unspecified atom stereocenters. The maximum Gasteiger partial charge on any atom is 0.325 e. The van der Waals surface area contributed by atoms with E-state index in [-0.39, 0.29) is 23.2 Å². The molecular weight excluding hydrogens is 507 g/mol. The highest BCUT2D eigenvalue weighted by molar-refractivity contribution is 5.77. The molecule has 1 aromatic carbocycles. The minimum Gasteiger partial charge on any atom is -0.493 e. The molecular formula is C32H47FN4O3. The van der Waals surface area contributed by atoms with Crippen LogP contribution in [0.25, 0.3) is 0 Å². The lowest BCUT2D eigenvalue weighted by Gasteiger charge is -2.40. The molecule has 2 atom stereocenters. The van der Waals surface area contributed by atoms with Gasteiger partial charge in [-0.3, -0.25) is 14.6 Å². The third kappa shape index (κ3) is 6.77. The number of pyridine rings is 1. The fourth-order valence-corrected chi connectivity index (χ4v) is 6.24. The van der Waals surface area contributed by atoms with Crippen molar-refractivity contribution in [2.75, 3.05) is 39.1 Å². The first-order chi connectivity index (χ1) is 19.0. The van der Waals surface area contributed by atoms with E-state index in [0.717, 1.165) is 62.1 Å². The molecule has 8 heteroatoms. The van der Waals surface area contributed by atoms with Crippen molar-refractivity contribution in [3.63, 3.8) is 0 Å². The number of likely N-dealkylation sites (N-methyl/N-ethyl adjacent to an activating group) is 1. The van der Waals surface area contributed by atoms with E-state index in [9.17, 15) is 14.3 Å². The molecule has 2 aromatic rings. The smallest absolute Gasteiger partial charge is 0.325 e. The van der Waals surface area contributed by atoms with Crippen LogP contribution in [0.2, 0.25) is 0 Å². The molecule has 2 aliphatic rings. The lowest BCUT2D eigenvalue weighted by molar-refractivity contribution is -0.143. The number of aromatic nitrogens is 1. The van der Waals surface area contributed by atoms with Gasteiger partial charge in [-0.1, -0.05) is 26.3 Å². The number of carboxylic acid groups (broad SMARTS) is 1. The molecule has 2 aliphatic heterocycles. The molecule has 0 radical (unpaired) electrons. The average Bonchev–Trinajstić information content (AvgIpc) is 3.39. The molecule has 0 amide bonds. The molecule has 0 saturated carbocycles. The molecule has 0 aliphatic carbocycles. The van der Waals surface area contributed by atoms with Crippen LogP contribution in [0.15, 0.2) is 24.3 Å². The first kappa shape index (κ1) is 30.3. The summed E-state index contributed by atoms with van der Waals surface area (Å²) in [5.41, 5.74) is 3.61. The second kappa shape index (κ2) is 12.9. The van der Waals surface area contributed by atoms with Crippen molar-refractivity contribution in [3.05, 3.63) is 52.5 Å². The molecule has 220 valence electrons. The van der Waals surface area contributed by atoms with Crippen LogP contribution in [0.3, 0.4) is 0 Å². The number of benzene rings is 1. The number of carboxylic acids is 1. The molecule has 0 bridgehead atoms. The summed E-state index contributed by atoms with van der Waals surface area (Å²) in [4.78, 5) is 21.8. The number of anilines is 1. The van der Waals surface area contributed by atoms with E-state index in [4.69, 9.17) is 9.72 Å². The van der Waals surface area contributed by atoms with Gasteiger partial charge in [-0.05, 0) is 94.7 Å². The zero-order valence-corrected chi connectivity index (χ0v) is 25.1. The summed E-state index contributed by atoms with van der Waals surface area (Å²) in [5, 5.41) is 13.7. The number of fused-ring (bicyclic) bond motifs is 1. The fraction of sp³-hybridized carbons (Fsp3) is 0.625. The topological polar surface area (TPSA) is 77.9 Å². The summed E-state index contributed by atoms with van der Waals surface area (Å²) in [6.07, 6.45) is 7.33. The number of hydrogen-bond acceptors (Lipinski definition) is 6. The van der Waals surface area contributed by atoms with Crippen molar-refractivity contribution in [1.82, 2.24) is 14.8 Å². The molecule has 4 rings (SSSR count). The summed E-state index contributed by atoms with van der Waals surface area (Å²) < 4.78 is 20.3. The van der Waals surface area contributed by atoms with Crippen LogP contribution >= 0.6 is 0 Å². The number of ether oxygens (including phenoxy) is 1. The predicted molar refractivity (Wildman–Crippen MR) is 158 cm³/mol. The first-order valence-electron chi connectivity index (χ1n) is 14.8. The maximum atomic E-state index is 14.9.